The molecule has 0 saturated heterocycles. The summed E-state index contributed by atoms with van der Waals surface area (Å²) in [7, 11) is -3.40. The van der Waals surface area contributed by atoms with Crippen LogP contribution in [-0.2, 0) is 25.2 Å². The molecule has 8 heteroatoms. The normalized spacial score (nSPS) is 15.3. The Kier molecular flexibility index (Phi) is 9.63. The molecule has 3 rings (SSSR count). The first-order valence-electron chi connectivity index (χ1n) is 11.7. The van der Waals surface area contributed by atoms with Crippen LogP contribution >= 0.6 is 7.60 Å². The van der Waals surface area contributed by atoms with E-state index in [-0.39, 0.29) is 31.3 Å². The Labute approximate surface area is 201 Å². The highest BCUT2D eigenvalue weighted by atomic mass is 31.2. The van der Waals surface area contributed by atoms with Crippen molar-refractivity contribution in [3.63, 3.8) is 0 Å². The SMILES string of the molecule is CP(=O)(O)OCCCCCCNC(=O)CCC(=O)N1Cc2ccccc2/C=C\c2ccccc21. The Morgan fingerprint density at radius 1 is 0.971 bits per heavy atom. The van der Waals surface area contributed by atoms with Crippen molar-refractivity contribution >= 4 is 37.2 Å². The van der Waals surface area contributed by atoms with E-state index in [1.54, 1.807) is 4.90 Å². The van der Waals surface area contributed by atoms with E-state index in [9.17, 15) is 14.2 Å². The lowest BCUT2D eigenvalue weighted by molar-refractivity contribution is -0.125. The Bertz CT molecular complexity index is 1060. The molecule has 182 valence electrons. The molecule has 0 spiro atoms. The molecule has 1 unspecified atom stereocenters. The number of nitrogens with zero attached hydrogens (tertiary/aromatic N) is 1. The van der Waals surface area contributed by atoms with Crippen LogP contribution in [0, 0.1) is 0 Å². The number of carbonyl (C=O) groups is 2. The molecule has 1 aliphatic heterocycles. The molecule has 1 aliphatic rings. The maximum absolute atomic E-state index is 13.2. The van der Waals surface area contributed by atoms with Crippen molar-refractivity contribution in [1.29, 1.82) is 0 Å². The lowest BCUT2D eigenvalue weighted by Gasteiger charge is -2.27. The summed E-state index contributed by atoms with van der Waals surface area (Å²) in [6.45, 7) is 2.45. The molecule has 2 amide bonds. The van der Waals surface area contributed by atoms with E-state index in [1.807, 2.05) is 54.6 Å². The minimum atomic E-state index is -3.40. The molecule has 0 fully saturated rings. The van der Waals surface area contributed by atoms with Gasteiger partial charge >= 0.3 is 7.60 Å². The van der Waals surface area contributed by atoms with Gasteiger partial charge in [-0.05, 0) is 35.6 Å². The van der Waals surface area contributed by atoms with Crippen molar-refractivity contribution in [1.82, 2.24) is 5.32 Å². The summed E-state index contributed by atoms with van der Waals surface area (Å²) >= 11 is 0. The van der Waals surface area contributed by atoms with Gasteiger partial charge in [0, 0.05) is 26.1 Å². The summed E-state index contributed by atoms with van der Waals surface area (Å²) < 4.78 is 15.9. The number of fused-ring (bicyclic) bond motifs is 2. The molecule has 0 bridgehead atoms. The number of carbonyl (C=O) groups excluding carboxylic acids is 2. The van der Waals surface area contributed by atoms with Gasteiger partial charge in [-0.25, -0.2) is 0 Å². The highest BCUT2D eigenvalue weighted by molar-refractivity contribution is 7.51. The number of benzene rings is 2. The number of nitrogens with one attached hydrogen (secondary N) is 1. The first-order chi connectivity index (χ1) is 16.3. The van der Waals surface area contributed by atoms with Crippen molar-refractivity contribution in [3.8, 4) is 0 Å². The maximum Gasteiger partial charge on any atom is 0.325 e. The molecular weight excluding hydrogens is 451 g/mol. The fourth-order valence-electron chi connectivity index (χ4n) is 3.86. The molecule has 34 heavy (non-hydrogen) atoms. The Morgan fingerprint density at radius 3 is 2.44 bits per heavy atom. The Morgan fingerprint density at radius 2 is 1.65 bits per heavy atom. The number of hydrogen-bond donors (Lipinski definition) is 2. The molecule has 1 heterocycles. The van der Waals surface area contributed by atoms with Gasteiger partial charge in [-0.1, -0.05) is 67.5 Å². The molecule has 2 N–H and O–H groups in total. The van der Waals surface area contributed by atoms with Gasteiger partial charge in [-0.2, -0.15) is 0 Å². The van der Waals surface area contributed by atoms with Crippen molar-refractivity contribution < 1.29 is 23.6 Å². The van der Waals surface area contributed by atoms with Gasteiger partial charge in [0.2, 0.25) is 11.8 Å². The zero-order valence-electron chi connectivity index (χ0n) is 19.6. The van der Waals surface area contributed by atoms with E-state index >= 15 is 0 Å². The molecular formula is C26H33N2O5P. The highest BCUT2D eigenvalue weighted by Gasteiger charge is 2.21. The van der Waals surface area contributed by atoms with Crippen molar-refractivity contribution in [2.24, 2.45) is 0 Å². The molecule has 7 nitrogen and oxygen atoms in total. The van der Waals surface area contributed by atoms with Crippen LogP contribution in [0.1, 0.15) is 55.2 Å². The zero-order chi connectivity index (χ0) is 24.4. The number of anilines is 1. The third-order valence-electron chi connectivity index (χ3n) is 5.64. The molecule has 2 aromatic rings. The molecule has 0 radical (unpaired) electrons. The predicted octanol–water partition coefficient (Wildman–Crippen LogP) is 4.99. The third kappa shape index (κ3) is 8.24. The summed E-state index contributed by atoms with van der Waals surface area (Å²) in [5.74, 6) is -0.214. The van der Waals surface area contributed by atoms with E-state index in [0.29, 0.717) is 19.5 Å². The molecule has 0 saturated carbocycles. The average molecular weight is 485 g/mol. The molecule has 2 aromatic carbocycles. The lowest BCUT2D eigenvalue weighted by Crippen LogP contribution is -2.33. The summed E-state index contributed by atoms with van der Waals surface area (Å²) in [6, 6.07) is 15.8. The van der Waals surface area contributed by atoms with Crippen LogP contribution in [0.15, 0.2) is 48.5 Å². The largest absolute Gasteiger partial charge is 0.356 e. The second kappa shape index (κ2) is 12.7. The van der Waals surface area contributed by atoms with Crippen LogP contribution in [0.2, 0.25) is 0 Å². The van der Waals surface area contributed by atoms with Gasteiger partial charge in [0.05, 0.1) is 18.8 Å². The first-order valence-corrected chi connectivity index (χ1v) is 13.7. The summed E-state index contributed by atoms with van der Waals surface area (Å²) in [6.07, 6.45) is 7.65. The monoisotopic (exact) mass is 484 g/mol. The minimum Gasteiger partial charge on any atom is -0.356 e. The lowest BCUT2D eigenvalue weighted by atomic mass is 10.0. The van der Waals surface area contributed by atoms with Gasteiger partial charge in [-0.3, -0.25) is 14.2 Å². The molecule has 1 atom stereocenters. The van der Waals surface area contributed by atoms with Gasteiger partial charge in [-0.15, -0.1) is 0 Å². The number of amides is 2. The number of rotatable bonds is 11. The molecule has 0 aromatic heterocycles. The van der Waals surface area contributed by atoms with Crippen molar-refractivity contribution in [3.05, 3.63) is 65.2 Å². The quantitative estimate of drug-likeness (QED) is 0.346. The summed E-state index contributed by atoms with van der Waals surface area (Å²) in [4.78, 5) is 36.3. The fourth-order valence-corrected chi connectivity index (χ4v) is 4.33. The number of unbranched alkanes of at least 4 members (excludes halogenated alkanes) is 3. The highest BCUT2D eigenvalue weighted by Crippen LogP contribution is 2.36. The second-order valence-corrected chi connectivity index (χ2v) is 10.3. The smallest absolute Gasteiger partial charge is 0.325 e. The third-order valence-corrected chi connectivity index (χ3v) is 6.31. The van der Waals surface area contributed by atoms with Crippen molar-refractivity contribution in [2.75, 3.05) is 24.7 Å². The van der Waals surface area contributed by atoms with E-state index in [2.05, 4.69) is 11.4 Å². The standard InChI is InChI=1S/C26H33N2O5P/c1-34(31,32)33-19-9-3-2-8-18-27-25(29)16-17-26(30)28-20-23-12-5-4-10-21(23)14-15-22-11-6-7-13-24(22)28/h4-7,10-15H,2-3,8-9,16-20H2,1H3,(H,27,29)(H,31,32)/b15-14-. The van der Waals surface area contributed by atoms with E-state index in [0.717, 1.165) is 41.6 Å². The Balaban J connectivity index is 1.45. The van der Waals surface area contributed by atoms with Crippen LogP contribution in [-0.4, -0.2) is 36.5 Å². The number of hydrogen-bond acceptors (Lipinski definition) is 4. The van der Waals surface area contributed by atoms with Gasteiger partial charge in [0.15, 0.2) is 0 Å². The summed E-state index contributed by atoms with van der Waals surface area (Å²) in [5, 5.41) is 2.88. The van der Waals surface area contributed by atoms with E-state index in [4.69, 9.17) is 9.42 Å². The average Bonchev–Trinajstić information content (AvgIpc) is 2.80. The van der Waals surface area contributed by atoms with Crippen LogP contribution in [0.5, 0.6) is 0 Å². The van der Waals surface area contributed by atoms with Gasteiger partial charge in [0.25, 0.3) is 0 Å². The maximum atomic E-state index is 13.2. The van der Waals surface area contributed by atoms with E-state index < -0.39 is 7.60 Å². The Hall–Kier alpha value is -2.73. The fraction of sp³-hybridized carbons (Fsp3) is 0.385. The van der Waals surface area contributed by atoms with Gasteiger partial charge < -0.3 is 19.6 Å². The molecule has 0 aliphatic carbocycles. The van der Waals surface area contributed by atoms with Crippen LogP contribution in [0.4, 0.5) is 5.69 Å². The second-order valence-electron chi connectivity index (χ2n) is 8.47. The van der Waals surface area contributed by atoms with Crippen LogP contribution in [0.3, 0.4) is 0 Å². The minimum absolute atomic E-state index is 0.0789. The summed E-state index contributed by atoms with van der Waals surface area (Å²) in [5.41, 5.74) is 3.97. The number of para-hydroxylation sites is 1. The van der Waals surface area contributed by atoms with Crippen LogP contribution < -0.4 is 10.2 Å². The van der Waals surface area contributed by atoms with E-state index in [1.165, 1.54) is 6.66 Å². The van der Waals surface area contributed by atoms with Crippen molar-refractivity contribution in [2.45, 2.75) is 45.1 Å². The van der Waals surface area contributed by atoms with Gasteiger partial charge in [0.1, 0.15) is 0 Å². The zero-order valence-corrected chi connectivity index (χ0v) is 20.5. The first kappa shape index (κ1) is 25.9. The predicted molar refractivity (Wildman–Crippen MR) is 135 cm³/mol. The topological polar surface area (TPSA) is 95.9 Å². The van der Waals surface area contributed by atoms with Crippen LogP contribution in [0.25, 0.3) is 12.2 Å².